The van der Waals surface area contributed by atoms with Crippen LogP contribution in [0.3, 0.4) is 0 Å². The van der Waals surface area contributed by atoms with Crippen LogP contribution >= 0.6 is 11.6 Å². The summed E-state index contributed by atoms with van der Waals surface area (Å²) in [6.07, 6.45) is 1.70. The number of ether oxygens (including phenoxy) is 1. The van der Waals surface area contributed by atoms with Gasteiger partial charge in [-0.15, -0.1) is 0 Å². The van der Waals surface area contributed by atoms with E-state index in [1.165, 1.54) is 0 Å². The Hall–Kier alpha value is -2.64. The highest BCUT2D eigenvalue weighted by Crippen LogP contribution is 2.41. The maximum Gasteiger partial charge on any atom is 0.329 e. The SMILES string of the molecule is O=C(O)COCC(=O)N1CC2CCC(C1)n1c2c(-c2ccc(Cl)cc2)ccc1=O. The van der Waals surface area contributed by atoms with Crippen molar-refractivity contribution >= 4 is 23.5 Å². The maximum absolute atomic E-state index is 12.7. The van der Waals surface area contributed by atoms with Gasteiger partial charge in [-0.1, -0.05) is 23.7 Å². The number of carboxylic acid groups (broad SMARTS) is 1. The molecule has 0 saturated carbocycles. The number of carbonyl (C=O) groups excluding carboxylic acids is 1. The van der Waals surface area contributed by atoms with Gasteiger partial charge in [0.25, 0.3) is 5.56 Å². The lowest BCUT2D eigenvalue weighted by Crippen LogP contribution is -2.38. The third kappa shape index (κ3) is 3.93. The van der Waals surface area contributed by atoms with Gasteiger partial charge < -0.3 is 19.3 Å². The zero-order valence-corrected chi connectivity index (χ0v) is 16.5. The van der Waals surface area contributed by atoms with Crippen LogP contribution in [0.2, 0.25) is 5.02 Å². The van der Waals surface area contributed by atoms with Gasteiger partial charge in [0.15, 0.2) is 0 Å². The third-order valence-corrected chi connectivity index (χ3v) is 5.85. The Labute approximate surface area is 172 Å². The van der Waals surface area contributed by atoms with Gasteiger partial charge in [-0.2, -0.15) is 0 Å². The summed E-state index contributed by atoms with van der Waals surface area (Å²) in [5.74, 6) is -1.34. The van der Waals surface area contributed by atoms with Gasteiger partial charge in [-0.3, -0.25) is 9.59 Å². The summed E-state index contributed by atoms with van der Waals surface area (Å²) in [7, 11) is 0. The summed E-state index contributed by atoms with van der Waals surface area (Å²) < 4.78 is 6.81. The minimum absolute atomic E-state index is 0.0248. The number of halogens is 1. The molecule has 1 aromatic carbocycles. The molecule has 0 radical (unpaired) electrons. The Kier molecular flexibility index (Phi) is 5.43. The van der Waals surface area contributed by atoms with E-state index in [9.17, 15) is 14.4 Å². The van der Waals surface area contributed by atoms with Crippen molar-refractivity contribution in [2.45, 2.75) is 24.8 Å². The molecule has 3 aliphatic heterocycles. The lowest BCUT2D eigenvalue weighted by Gasteiger charge is -2.30. The zero-order chi connectivity index (χ0) is 20.5. The largest absolute Gasteiger partial charge is 0.480 e. The second-order valence-electron chi connectivity index (χ2n) is 7.46. The quantitative estimate of drug-likeness (QED) is 0.809. The van der Waals surface area contributed by atoms with Crippen LogP contribution in [0.25, 0.3) is 11.1 Å². The molecule has 8 heteroatoms. The van der Waals surface area contributed by atoms with Gasteiger partial charge >= 0.3 is 5.97 Å². The van der Waals surface area contributed by atoms with Crippen molar-refractivity contribution in [1.82, 2.24) is 9.47 Å². The smallest absolute Gasteiger partial charge is 0.329 e. The van der Waals surface area contributed by atoms with Crippen LogP contribution in [0.5, 0.6) is 0 Å². The predicted molar refractivity (Wildman–Crippen MR) is 107 cm³/mol. The zero-order valence-electron chi connectivity index (χ0n) is 15.7. The molecule has 1 fully saturated rings. The van der Waals surface area contributed by atoms with Crippen molar-refractivity contribution < 1.29 is 19.4 Å². The number of aromatic nitrogens is 1. The first kappa shape index (κ1) is 19.7. The Bertz CT molecular complexity index is 1000. The van der Waals surface area contributed by atoms with Crippen LogP contribution in [0.15, 0.2) is 41.2 Å². The highest BCUT2D eigenvalue weighted by Gasteiger charge is 2.37. The number of carbonyl (C=O) groups is 2. The Morgan fingerprint density at radius 2 is 1.83 bits per heavy atom. The number of hydrogen-bond acceptors (Lipinski definition) is 4. The fourth-order valence-electron chi connectivity index (χ4n) is 4.36. The number of aliphatic carboxylic acids is 1. The molecule has 152 valence electrons. The number of hydrogen-bond donors (Lipinski definition) is 1. The highest BCUT2D eigenvalue weighted by molar-refractivity contribution is 6.30. The first-order valence-electron chi connectivity index (χ1n) is 9.52. The molecule has 7 nitrogen and oxygen atoms in total. The monoisotopic (exact) mass is 416 g/mol. The second-order valence-corrected chi connectivity index (χ2v) is 7.90. The number of pyridine rings is 1. The summed E-state index contributed by atoms with van der Waals surface area (Å²) >= 11 is 6.02. The molecule has 2 unspecified atom stereocenters. The van der Waals surface area contributed by atoms with Crippen molar-refractivity contribution in [3.63, 3.8) is 0 Å². The van der Waals surface area contributed by atoms with Crippen molar-refractivity contribution in [1.29, 1.82) is 0 Å². The third-order valence-electron chi connectivity index (χ3n) is 5.60. The summed E-state index contributed by atoms with van der Waals surface area (Å²) in [6.45, 7) is 0.117. The van der Waals surface area contributed by atoms with Crippen molar-refractivity contribution in [2.75, 3.05) is 26.3 Å². The normalized spacial score (nSPS) is 20.2. The number of rotatable bonds is 5. The first-order valence-corrected chi connectivity index (χ1v) is 9.90. The molecular weight excluding hydrogens is 396 g/mol. The molecule has 29 heavy (non-hydrogen) atoms. The van der Waals surface area contributed by atoms with E-state index in [0.717, 1.165) is 29.7 Å². The average molecular weight is 417 g/mol. The first-order chi connectivity index (χ1) is 13.9. The van der Waals surface area contributed by atoms with Crippen LogP contribution in [0, 0.1) is 0 Å². The average Bonchev–Trinajstić information content (AvgIpc) is 3.00. The van der Waals surface area contributed by atoms with E-state index in [1.807, 2.05) is 34.9 Å². The molecule has 1 N–H and O–H groups in total. The van der Waals surface area contributed by atoms with E-state index in [2.05, 4.69) is 0 Å². The van der Waals surface area contributed by atoms with E-state index < -0.39 is 12.6 Å². The molecule has 1 aromatic heterocycles. The summed E-state index contributed by atoms with van der Waals surface area (Å²) in [5, 5.41) is 9.33. The summed E-state index contributed by atoms with van der Waals surface area (Å²) in [4.78, 5) is 37.6. The van der Waals surface area contributed by atoms with E-state index in [-0.39, 0.29) is 30.0 Å². The van der Waals surface area contributed by atoms with Crippen LogP contribution in [-0.2, 0) is 14.3 Å². The molecule has 2 atom stereocenters. The molecule has 5 rings (SSSR count). The lowest BCUT2D eigenvalue weighted by atomic mass is 9.87. The van der Waals surface area contributed by atoms with Gasteiger partial charge in [-0.25, -0.2) is 4.79 Å². The summed E-state index contributed by atoms with van der Waals surface area (Å²) in [6, 6.07) is 10.8. The molecule has 2 bridgehead atoms. The van der Waals surface area contributed by atoms with E-state index >= 15 is 0 Å². The van der Waals surface area contributed by atoms with Crippen LogP contribution in [0.1, 0.15) is 30.5 Å². The molecule has 3 aliphatic rings. The number of fused-ring (bicyclic) bond motifs is 3. The lowest BCUT2D eigenvalue weighted by molar-refractivity contribution is -0.145. The van der Waals surface area contributed by atoms with Crippen molar-refractivity contribution in [3.05, 3.63) is 57.5 Å². The predicted octanol–water partition coefficient (Wildman–Crippen LogP) is 2.53. The van der Waals surface area contributed by atoms with Gasteiger partial charge in [-0.05, 0) is 36.6 Å². The number of benzene rings is 1. The summed E-state index contributed by atoms with van der Waals surface area (Å²) in [5.41, 5.74) is 2.85. The number of carboxylic acids is 1. The minimum atomic E-state index is -1.11. The molecule has 0 spiro atoms. The topological polar surface area (TPSA) is 88.8 Å². The van der Waals surface area contributed by atoms with Gasteiger partial charge in [0.2, 0.25) is 5.91 Å². The van der Waals surface area contributed by atoms with E-state index in [1.54, 1.807) is 11.0 Å². The molecule has 2 aromatic rings. The van der Waals surface area contributed by atoms with Crippen LogP contribution < -0.4 is 5.56 Å². The fraction of sp³-hybridized carbons (Fsp3) is 0.381. The maximum atomic E-state index is 12.7. The Balaban J connectivity index is 1.66. The minimum Gasteiger partial charge on any atom is -0.480 e. The van der Waals surface area contributed by atoms with E-state index in [0.29, 0.717) is 18.1 Å². The van der Waals surface area contributed by atoms with Gasteiger partial charge in [0.05, 0.1) is 6.04 Å². The highest BCUT2D eigenvalue weighted by atomic mass is 35.5. The molecule has 1 amide bonds. The van der Waals surface area contributed by atoms with Crippen molar-refractivity contribution in [3.8, 4) is 11.1 Å². The van der Waals surface area contributed by atoms with Crippen molar-refractivity contribution in [2.24, 2.45) is 0 Å². The molecule has 4 heterocycles. The van der Waals surface area contributed by atoms with Gasteiger partial charge in [0.1, 0.15) is 13.2 Å². The van der Waals surface area contributed by atoms with Crippen LogP contribution in [0.4, 0.5) is 0 Å². The van der Waals surface area contributed by atoms with E-state index in [4.69, 9.17) is 21.4 Å². The van der Waals surface area contributed by atoms with Gasteiger partial charge in [0, 0.05) is 41.4 Å². The standard InChI is InChI=1S/C21H21ClN2O5/c22-15-4-1-13(2-5-15)17-7-8-18(25)24-16-6-3-14(21(17)24)9-23(10-16)19(26)11-29-12-20(27)28/h1-2,4-5,7-8,14,16H,3,6,9-12H2,(H,27,28). The number of nitrogens with zero attached hydrogens (tertiary/aromatic N) is 2. The fourth-order valence-corrected chi connectivity index (χ4v) is 4.49. The molecular formula is C21H21ClN2O5. The Morgan fingerprint density at radius 1 is 1.07 bits per heavy atom. The second kappa shape index (κ2) is 8.00. The molecule has 1 saturated heterocycles. The number of amides is 1. The molecule has 0 aliphatic carbocycles. The van der Waals surface area contributed by atoms with Crippen LogP contribution in [-0.4, -0.2) is 52.8 Å². The Morgan fingerprint density at radius 3 is 2.55 bits per heavy atom.